The van der Waals surface area contributed by atoms with Crippen molar-refractivity contribution in [3.63, 3.8) is 0 Å². The average molecular weight is 1200 g/mol. The number of rotatable bonds is 20. The number of carbonyl (C=O) groups excluding carboxylic acids is 4. The number of aliphatic hydroxyl groups is 4. The zero-order chi connectivity index (χ0) is 59.7. The zero-order valence-electron chi connectivity index (χ0n) is 50.2. The maximum atomic E-state index is 12.2. The van der Waals surface area contributed by atoms with Crippen molar-refractivity contribution in [3.8, 4) is 0 Å². The molecule has 8 atom stereocenters. The van der Waals surface area contributed by atoms with Crippen molar-refractivity contribution in [2.45, 2.75) is 168 Å². The Labute approximate surface area is 505 Å². The molecule has 0 radical (unpaired) electrons. The summed E-state index contributed by atoms with van der Waals surface area (Å²) in [6.45, 7) is 21.5. The number of hydrogen-bond donors (Lipinski definition) is 4. The van der Waals surface area contributed by atoms with Crippen LogP contribution in [0.1, 0.15) is 107 Å². The van der Waals surface area contributed by atoms with Crippen molar-refractivity contribution < 1.29 is 109 Å². The quantitative estimate of drug-likeness (QED) is 0.0588. The smallest absolute Gasteiger partial charge is 1.00 e. The Morgan fingerprint density at radius 2 is 0.840 bits per heavy atom. The minimum absolute atomic E-state index is 0. The van der Waals surface area contributed by atoms with Gasteiger partial charge in [0.25, 0.3) is 20.2 Å². The second-order valence-corrected chi connectivity index (χ2v) is 24.3. The summed E-state index contributed by atoms with van der Waals surface area (Å²) in [6.07, 6.45) is 3.03. The molecule has 4 aliphatic rings. The van der Waals surface area contributed by atoms with Crippen molar-refractivity contribution in [1.29, 1.82) is 0 Å². The summed E-state index contributed by atoms with van der Waals surface area (Å²) in [4.78, 5) is 54.4. The van der Waals surface area contributed by atoms with Gasteiger partial charge in [0.15, 0.2) is 17.4 Å². The van der Waals surface area contributed by atoms with Crippen LogP contribution in [0.4, 0.5) is 9.59 Å². The number of carbonyl (C=O) groups is 4. The van der Waals surface area contributed by atoms with Crippen LogP contribution >= 0.6 is 0 Å². The summed E-state index contributed by atoms with van der Waals surface area (Å²) in [7, 11) is -7.28. The van der Waals surface area contributed by atoms with E-state index in [1.54, 1.807) is 55.4 Å². The third-order valence-electron chi connectivity index (χ3n) is 12.3. The monoisotopic (exact) mass is 1200 g/mol. The van der Waals surface area contributed by atoms with Crippen molar-refractivity contribution in [3.05, 3.63) is 71.8 Å². The van der Waals surface area contributed by atoms with Gasteiger partial charge in [0, 0.05) is 38.4 Å². The van der Waals surface area contributed by atoms with Crippen molar-refractivity contribution in [1.82, 2.24) is 19.6 Å². The van der Waals surface area contributed by atoms with E-state index < -0.39 is 55.7 Å². The predicted octanol–water partition coefficient (Wildman–Crippen LogP) is 0.0110. The molecule has 6 rings (SSSR count). The van der Waals surface area contributed by atoms with E-state index in [4.69, 9.17) is 52.5 Å². The van der Waals surface area contributed by atoms with E-state index in [0.29, 0.717) is 39.0 Å². The van der Waals surface area contributed by atoms with Gasteiger partial charge < -0.3 is 45.5 Å². The fraction of sp³-hybridized carbons (Fsp3) is 0.704. The van der Waals surface area contributed by atoms with Gasteiger partial charge in [-0.3, -0.25) is 37.6 Å². The molecular weight excluding hydrogens is 1110 g/mol. The minimum atomic E-state index is -3.64. The van der Waals surface area contributed by atoms with E-state index in [0.717, 1.165) is 44.3 Å². The molecule has 460 valence electrons. The predicted molar refractivity (Wildman–Crippen MR) is 305 cm³/mol. The molecule has 0 bridgehead atoms. The summed E-state index contributed by atoms with van der Waals surface area (Å²) in [5, 5.41) is 36.2. The number of amides is 2. The first kappa shape index (κ1) is 77.6. The summed E-state index contributed by atoms with van der Waals surface area (Å²) in [5.74, 6) is -0.539. The third-order valence-corrected chi connectivity index (χ3v) is 13.5. The third kappa shape index (κ3) is 28.4. The Balaban J connectivity index is 0. The SMILES string of the molecule is CC(C)(C)OC(=O)N1[C@H](CO)C[C@@H]1CO.CC(C)(C)OC(=O)N1[C@H](COS(C)(=O)=O)C[C@@H]1COS(C)(=O)=O.CCOC(=O)[C@H]1C[C@@H](C(=O)OCC)N1Cc1ccccc1.CCOCC.OC[C@@H]1C[C@H](CO)N1Cc1ccccc1.[AlH3].[H-].[Li+]. The average Bonchev–Trinajstić information content (AvgIpc) is 3.31. The molecule has 4 N–H and O–H groups in total. The van der Waals surface area contributed by atoms with E-state index in [1.807, 2.05) is 67.3 Å². The maximum absolute atomic E-state index is 12.2. The van der Waals surface area contributed by atoms with Gasteiger partial charge in [-0.1, -0.05) is 60.7 Å². The Kier molecular flexibility index (Phi) is 36.2. The standard InChI is InChI=1S/C16H21NO4.C12H23NO8S2.C12H17NO2.C10H19NO4.C4H10O.Al.Li.4H/c1-3-20-15(18)13-10-14(16(19)21-4-2)17(13)11-12-8-6-5-7-9-12;1-12(2,3)21-11(14)13-9(7-19-22(4,15)16)6-10(13)8-20-23(5,17)18;14-8-11-6-12(9-15)13(11)7-10-4-2-1-3-5-10;1-10(2,3)15-9(14)11-7(5-12)4-8(11)6-13;1-3-5-4-2;;;;;;/h5-9,13-14H,3-4,10-11H2,1-2H3;9-10H,6-8H2,1-5H3;1-5,11-12,14-15H,6-9H2;7-8,12-13H,4-6H2,1-3H3;3-4H2,1-2H3;;;;;;/q;;;;;;+1;;;;-1/t13-,14+;9-,10+;11-,12+;7-,8+;;;;;;;. The topological polar surface area (TPSA) is 295 Å². The molecule has 0 unspecified atom stereocenters. The Morgan fingerprint density at radius 1 is 0.519 bits per heavy atom. The zero-order valence-corrected chi connectivity index (χ0v) is 50.9. The second-order valence-electron chi connectivity index (χ2n) is 21.0. The van der Waals surface area contributed by atoms with E-state index in [9.17, 15) is 36.0 Å². The summed E-state index contributed by atoms with van der Waals surface area (Å²) in [5.41, 5.74) is 0.999. The van der Waals surface area contributed by atoms with Crippen LogP contribution in [0.5, 0.6) is 0 Å². The molecule has 0 saturated carbocycles. The first-order chi connectivity index (χ1) is 37.0. The number of likely N-dealkylation sites (tertiary alicyclic amines) is 4. The molecule has 23 nitrogen and oxygen atoms in total. The molecule has 2 aromatic carbocycles. The van der Waals surface area contributed by atoms with E-state index in [-0.39, 0.29) is 125 Å². The number of esters is 2. The number of hydrogen-bond acceptors (Lipinski definition) is 21. The molecule has 4 saturated heterocycles. The molecule has 2 amide bonds. The van der Waals surface area contributed by atoms with Crippen LogP contribution in [0.3, 0.4) is 0 Å². The summed E-state index contributed by atoms with van der Waals surface area (Å²) < 4.78 is 79.0. The van der Waals surface area contributed by atoms with Crippen LogP contribution in [0, 0.1) is 0 Å². The van der Waals surface area contributed by atoms with Gasteiger partial charge in [0.05, 0.1) is 89.5 Å². The molecule has 0 aromatic heterocycles. The second kappa shape index (κ2) is 37.8. The normalized spacial score (nSPS) is 22.2. The van der Waals surface area contributed by atoms with Gasteiger partial charge in [-0.15, -0.1) is 0 Å². The summed E-state index contributed by atoms with van der Waals surface area (Å²) in [6, 6.07) is 18.2. The van der Waals surface area contributed by atoms with Gasteiger partial charge in [-0.2, -0.15) is 16.8 Å². The van der Waals surface area contributed by atoms with Gasteiger partial charge >= 0.3 is 43.0 Å². The van der Waals surface area contributed by atoms with Crippen LogP contribution in [0.2, 0.25) is 0 Å². The van der Waals surface area contributed by atoms with Crippen LogP contribution in [-0.4, -0.2) is 236 Å². The first-order valence-electron chi connectivity index (χ1n) is 26.6. The molecule has 0 aliphatic carbocycles. The molecule has 0 spiro atoms. The van der Waals surface area contributed by atoms with Gasteiger partial charge in [-0.25, -0.2) is 9.59 Å². The van der Waals surface area contributed by atoms with E-state index in [1.165, 1.54) is 15.4 Å². The van der Waals surface area contributed by atoms with Crippen molar-refractivity contribution >= 4 is 61.7 Å². The Morgan fingerprint density at radius 3 is 1.14 bits per heavy atom. The van der Waals surface area contributed by atoms with Crippen LogP contribution in [0.15, 0.2) is 60.7 Å². The van der Waals surface area contributed by atoms with Gasteiger partial charge in [0.2, 0.25) is 0 Å². The van der Waals surface area contributed by atoms with E-state index >= 15 is 0 Å². The number of benzene rings is 2. The molecule has 4 aliphatic heterocycles. The number of ether oxygens (including phenoxy) is 5. The molecule has 4 heterocycles. The van der Waals surface area contributed by atoms with Crippen LogP contribution in [0.25, 0.3) is 0 Å². The van der Waals surface area contributed by atoms with Gasteiger partial charge in [-0.05, 0) is 106 Å². The first-order valence-corrected chi connectivity index (χ1v) is 30.3. The molecule has 2 aromatic rings. The number of aliphatic hydroxyl groups excluding tert-OH is 4. The Hall–Kier alpha value is -3.41. The molecule has 27 heteroatoms. The van der Waals surface area contributed by atoms with E-state index in [2.05, 4.69) is 17.0 Å². The number of nitrogens with zero attached hydrogens (tertiary/aromatic N) is 4. The van der Waals surface area contributed by atoms with Crippen LogP contribution in [-0.2, 0) is 75.0 Å². The van der Waals surface area contributed by atoms with Crippen LogP contribution < -0.4 is 18.9 Å². The maximum Gasteiger partial charge on any atom is 1.00 e. The fourth-order valence-electron chi connectivity index (χ4n) is 8.53. The summed E-state index contributed by atoms with van der Waals surface area (Å²) >= 11 is 0. The van der Waals surface area contributed by atoms with Crippen molar-refractivity contribution in [2.24, 2.45) is 0 Å². The fourth-order valence-corrected chi connectivity index (χ4v) is 9.34. The largest absolute Gasteiger partial charge is 1.00 e. The molecule has 4 fully saturated rings. The molecule has 81 heavy (non-hydrogen) atoms. The minimum Gasteiger partial charge on any atom is -1.00 e. The molecular formula is C54H94AlLiN4O19S2. The van der Waals surface area contributed by atoms with Crippen molar-refractivity contribution in [2.75, 3.05) is 78.6 Å². The Bertz CT molecular complexity index is 2270. The van der Waals surface area contributed by atoms with Gasteiger partial charge in [0.1, 0.15) is 23.3 Å².